The molecule has 9 heteroatoms. The molecule has 0 saturated heterocycles. The molecule has 2 heterocycles. The first kappa shape index (κ1) is 21.6. The van der Waals surface area contributed by atoms with Gasteiger partial charge in [-0.2, -0.15) is 0 Å². The lowest BCUT2D eigenvalue weighted by Crippen LogP contribution is -2.29. The molecule has 0 fully saturated rings. The second-order valence-electron chi connectivity index (χ2n) is 7.48. The molecule has 0 spiro atoms. The van der Waals surface area contributed by atoms with Crippen molar-refractivity contribution in [2.75, 3.05) is 16.2 Å². The summed E-state index contributed by atoms with van der Waals surface area (Å²) in [5.74, 6) is -0.359. The van der Waals surface area contributed by atoms with E-state index in [2.05, 4.69) is 10.3 Å². The molecular formula is C24H18ClN3O3S2. The number of fused-ring (bicyclic) bond motifs is 1. The third-order valence-electron chi connectivity index (χ3n) is 5.41. The van der Waals surface area contributed by atoms with Crippen LogP contribution in [0.2, 0.25) is 5.02 Å². The second kappa shape index (κ2) is 8.62. The molecule has 0 radical (unpaired) electrons. The minimum absolute atomic E-state index is 0.148. The summed E-state index contributed by atoms with van der Waals surface area (Å²) in [5.41, 5.74) is 3.70. The van der Waals surface area contributed by atoms with Crippen molar-refractivity contribution in [1.82, 2.24) is 4.98 Å². The molecule has 0 bridgehead atoms. The van der Waals surface area contributed by atoms with Crippen molar-refractivity contribution in [3.8, 4) is 11.3 Å². The molecule has 166 valence electrons. The number of benzene rings is 3. The highest BCUT2D eigenvalue weighted by molar-refractivity contribution is 7.92. The van der Waals surface area contributed by atoms with Gasteiger partial charge in [0.2, 0.25) is 0 Å². The average molecular weight is 496 g/mol. The van der Waals surface area contributed by atoms with Crippen molar-refractivity contribution in [1.29, 1.82) is 0 Å². The summed E-state index contributed by atoms with van der Waals surface area (Å²) in [6.07, 6.45) is 0.682. The Kier molecular flexibility index (Phi) is 5.65. The van der Waals surface area contributed by atoms with E-state index in [-0.39, 0.29) is 10.8 Å². The van der Waals surface area contributed by atoms with Gasteiger partial charge >= 0.3 is 0 Å². The molecule has 1 aliphatic heterocycles. The molecule has 1 aromatic heterocycles. The van der Waals surface area contributed by atoms with Gasteiger partial charge in [0.05, 0.1) is 16.3 Å². The van der Waals surface area contributed by atoms with Crippen LogP contribution < -0.4 is 9.62 Å². The average Bonchev–Trinajstić information content (AvgIpc) is 3.47. The van der Waals surface area contributed by atoms with Crippen LogP contribution in [-0.2, 0) is 16.4 Å². The van der Waals surface area contributed by atoms with Crippen molar-refractivity contribution in [3.05, 3.63) is 94.3 Å². The molecule has 1 N–H and O–H groups in total. The van der Waals surface area contributed by atoms with Crippen LogP contribution >= 0.6 is 22.9 Å². The zero-order valence-electron chi connectivity index (χ0n) is 17.2. The number of amides is 1. The van der Waals surface area contributed by atoms with Crippen LogP contribution in [0.15, 0.2) is 83.1 Å². The topological polar surface area (TPSA) is 79.4 Å². The highest BCUT2D eigenvalue weighted by Gasteiger charge is 2.30. The number of sulfonamides is 1. The summed E-state index contributed by atoms with van der Waals surface area (Å²) in [5, 5.41) is 5.71. The Bertz CT molecular complexity index is 1430. The number of rotatable bonds is 5. The molecule has 3 aromatic carbocycles. The number of anilines is 2. The van der Waals surface area contributed by atoms with Crippen molar-refractivity contribution in [2.45, 2.75) is 11.3 Å². The smallest absolute Gasteiger partial charge is 0.264 e. The zero-order chi connectivity index (χ0) is 23.0. The minimum atomic E-state index is -3.70. The SMILES string of the molecule is O=C(Nc1nc(-c2ccc(Cl)cc2)cs1)c1ccc(S(=O)(=O)N2CCc3ccccc32)cc1. The van der Waals surface area contributed by atoms with Crippen LogP contribution in [0.1, 0.15) is 15.9 Å². The van der Waals surface area contributed by atoms with E-state index in [0.29, 0.717) is 34.4 Å². The van der Waals surface area contributed by atoms with Gasteiger partial charge in [0.25, 0.3) is 15.9 Å². The Labute approximate surface area is 200 Å². The largest absolute Gasteiger partial charge is 0.298 e. The molecule has 0 saturated carbocycles. The van der Waals surface area contributed by atoms with Crippen molar-refractivity contribution in [2.24, 2.45) is 0 Å². The number of nitrogens with zero attached hydrogens (tertiary/aromatic N) is 2. The van der Waals surface area contributed by atoms with Gasteiger partial charge in [0.15, 0.2) is 5.13 Å². The number of aromatic nitrogens is 1. The van der Waals surface area contributed by atoms with Crippen LogP contribution in [0.5, 0.6) is 0 Å². The molecule has 1 amide bonds. The van der Waals surface area contributed by atoms with Gasteiger partial charge in [-0.05, 0) is 54.4 Å². The lowest BCUT2D eigenvalue weighted by Gasteiger charge is -2.19. The Hall–Kier alpha value is -3.20. The molecule has 0 atom stereocenters. The number of carbonyl (C=O) groups is 1. The third kappa shape index (κ3) is 4.25. The van der Waals surface area contributed by atoms with E-state index in [0.717, 1.165) is 16.8 Å². The Morgan fingerprint density at radius 3 is 2.48 bits per heavy atom. The van der Waals surface area contributed by atoms with Gasteiger partial charge < -0.3 is 0 Å². The predicted octanol–water partition coefficient (Wildman–Crippen LogP) is 5.47. The lowest BCUT2D eigenvalue weighted by atomic mass is 10.2. The van der Waals surface area contributed by atoms with Crippen LogP contribution in [0.25, 0.3) is 11.3 Å². The maximum absolute atomic E-state index is 13.1. The number of para-hydroxylation sites is 1. The second-order valence-corrected chi connectivity index (χ2v) is 10.6. The number of nitrogens with one attached hydrogen (secondary N) is 1. The quantitative estimate of drug-likeness (QED) is 0.398. The third-order valence-corrected chi connectivity index (χ3v) is 8.25. The van der Waals surface area contributed by atoms with Crippen LogP contribution in [0, 0.1) is 0 Å². The molecule has 1 aliphatic rings. The molecule has 33 heavy (non-hydrogen) atoms. The summed E-state index contributed by atoms with van der Waals surface area (Å²) in [7, 11) is -3.70. The van der Waals surface area contributed by atoms with E-state index in [1.165, 1.54) is 39.9 Å². The first-order valence-electron chi connectivity index (χ1n) is 10.2. The minimum Gasteiger partial charge on any atom is -0.298 e. The summed E-state index contributed by atoms with van der Waals surface area (Å²) in [6, 6.07) is 20.7. The number of hydrogen-bond donors (Lipinski definition) is 1. The van der Waals surface area contributed by atoms with Gasteiger partial charge in [-0.1, -0.05) is 41.9 Å². The first-order chi connectivity index (χ1) is 15.9. The highest BCUT2D eigenvalue weighted by Crippen LogP contribution is 2.33. The number of hydrogen-bond acceptors (Lipinski definition) is 5. The van der Waals surface area contributed by atoms with Crippen molar-refractivity contribution < 1.29 is 13.2 Å². The Morgan fingerprint density at radius 1 is 1.00 bits per heavy atom. The fourth-order valence-corrected chi connectivity index (χ4v) is 6.06. The normalized spacial score (nSPS) is 13.1. The van der Waals surface area contributed by atoms with Gasteiger partial charge in [-0.25, -0.2) is 13.4 Å². The molecular weight excluding hydrogens is 478 g/mol. The molecule has 5 rings (SSSR count). The number of thiazole rings is 1. The maximum Gasteiger partial charge on any atom is 0.264 e. The van der Waals surface area contributed by atoms with Crippen LogP contribution in [0.4, 0.5) is 10.8 Å². The summed E-state index contributed by atoms with van der Waals surface area (Å²) < 4.78 is 27.7. The van der Waals surface area contributed by atoms with Gasteiger partial charge in [0, 0.05) is 28.1 Å². The maximum atomic E-state index is 13.1. The molecule has 0 aliphatic carbocycles. The predicted molar refractivity (Wildman–Crippen MR) is 132 cm³/mol. The summed E-state index contributed by atoms with van der Waals surface area (Å²) in [6.45, 7) is 0.407. The monoisotopic (exact) mass is 495 g/mol. The van der Waals surface area contributed by atoms with Gasteiger partial charge in [-0.3, -0.25) is 14.4 Å². The van der Waals surface area contributed by atoms with E-state index >= 15 is 0 Å². The molecule has 6 nitrogen and oxygen atoms in total. The number of halogens is 1. The van der Waals surface area contributed by atoms with E-state index in [1.54, 1.807) is 12.1 Å². The Morgan fingerprint density at radius 2 is 1.73 bits per heavy atom. The van der Waals surface area contributed by atoms with Gasteiger partial charge in [0.1, 0.15) is 0 Å². The zero-order valence-corrected chi connectivity index (χ0v) is 19.6. The van der Waals surface area contributed by atoms with E-state index in [4.69, 9.17) is 11.6 Å². The summed E-state index contributed by atoms with van der Waals surface area (Å²) >= 11 is 7.24. The fraction of sp³-hybridized carbons (Fsp3) is 0.0833. The van der Waals surface area contributed by atoms with Crippen molar-refractivity contribution in [3.63, 3.8) is 0 Å². The molecule has 0 unspecified atom stereocenters. The first-order valence-corrected chi connectivity index (χ1v) is 12.9. The van der Waals surface area contributed by atoms with Crippen LogP contribution in [0.3, 0.4) is 0 Å². The fourth-order valence-electron chi connectivity index (χ4n) is 3.72. The van der Waals surface area contributed by atoms with Gasteiger partial charge in [-0.15, -0.1) is 11.3 Å². The summed E-state index contributed by atoms with van der Waals surface area (Å²) in [4.78, 5) is 17.3. The number of carbonyl (C=O) groups excluding carboxylic acids is 1. The molecule has 4 aromatic rings. The van der Waals surface area contributed by atoms with Crippen molar-refractivity contribution >= 4 is 49.7 Å². The lowest BCUT2D eigenvalue weighted by molar-refractivity contribution is 0.102. The van der Waals surface area contributed by atoms with E-state index < -0.39 is 10.0 Å². The standard InChI is InChI=1S/C24H18ClN3O3S2/c25-19-9-5-16(6-10-19)21-15-32-24(26-21)27-23(29)18-7-11-20(12-8-18)33(30,31)28-14-13-17-3-1-2-4-22(17)28/h1-12,15H,13-14H2,(H,26,27,29). The van der Waals surface area contributed by atoms with Crippen LogP contribution in [-0.4, -0.2) is 25.9 Å². The van der Waals surface area contributed by atoms with E-state index in [1.807, 2.05) is 41.8 Å². The highest BCUT2D eigenvalue weighted by atomic mass is 35.5. The Balaban J connectivity index is 1.31. The van der Waals surface area contributed by atoms with E-state index in [9.17, 15) is 13.2 Å².